The first kappa shape index (κ1) is 17.4. The topological polar surface area (TPSA) is 97.8 Å². The molecular formula is C15H19N2O5S-. The van der Waals surface area contributed by atoms with Crippen LogP contribution < -0.4 is 5.11 Å². The Morgan fingerprint density at radius 1 is 1.04 bits per heavy atom. The number of amides is 1. The molecule has 1 heterocycles. The summed E-state index contributed by atoms with van der Waals surface area (Å²) in [5.74, 6) is -1.56. The van der Waals surface area contributed by atoms with Gasteiger partial charge < -0.3 is 14.8 Å². The number of carboxylic acid groups (broad SMARTS) is 1. The summed E-state index contributed by atoms with van der Waals surface area (Å²) in [7, 11) is -3.56. The highest BCUT2D eigenvalue weighted by atomic mass is 32.2. The molecule has 1 aromatic carbocycles. The number of nitrogens with zero attached hydrogens (tertiary/aromatic N) is 2. The highest BCUT2D eigenvalue weighted by molar-refractivity contribution is 7.89. The van der Waals surface area contributed by atoms with Crippen LogP contribution in [0.15, 0.2) is 29.2 Å². The Bertz CT molecular complexity index is 676. The zero-order chi connectivity index (χ0) is 17.0. The fraction of sp³-hybridized carbons (Fsp3) is 0.467. The minimum Gasteiger partial charge on any atom is -0.550 e. The number of carboxylic acids is 1. The molecule has 7 nitrogen and oxygen atoms in total. The zero-order valence-electron chi connectivity index (χ0n) is 12.9. The molecule has 0 aromatic heterocycles. The first-order chi connectivity index (χ1) is 10.8. The maximum absolute atomic E-state index is 12.5. The second-order valence-electron chi connectivity index (χ2n) is 5.47. The molecule has 126 valence electrons. The van der Waals surface area contributed by atoms with E-state index < -0.39 is 16.0 Å². The van der Waals surface area contributed by atoms with Crippen LogP contribution in [0.1, 0.15) is 18.4 Å². The van der Waals surface area contributed by atoms with Gasteiger partial charge in [-0.05, 0) is 25.5 Å². The second-order valence-corrected chi connectivity index (χ2v) is 7.41. The van der Waals surface area contributed by atoms with Crippen molar-refractivity contribution < 1.29 is 23.1 Å². The smallest absolute Gasteiger partial charge is 0.243 e. The summed E-state index contributed by atoms with van der Waals surface area (Å²) in [5, 5.41) is 10.4. The van der Waals surface area contributed by atoms with E-state index in [4.69, 9.17) is 0 Å². The van der Waals surface area contributed by atoms with Crippen LogP contribution in [-0.4, -0.2) is 55.7 Å². The lowest BCUT2D eigenvalue weighted by Gasteiger charge is -2.34. The fourth-order valence-corrected chi connectivity index (χ4v) is 3.83. The second kappa shape index (κ2) is 7.10. The molecule has 0 spiro atoms. The van der Waals surface area contributed by atoms with Crippen molar-refractivity contribution in [3.05, 3.63) is 29.8 Å². The number of carbonyl (C=O) groups is 2. The summed E-state index contributed by atoms with van der Waals surface area (Å²) in [6.07, 6.45) is -0.437. The van der Waals surface area contributed by atoms with Crippen LogP contribution in [0, 0.1) is 6.92 Å². The van der Waals surface area contributed by atoms with Crippen LogP contribution in [0.4, 0.5) is 0 Å². The number of carbonyl (C=O) groups excluding carboxylic acids is 2. The lowest BCUT2D eigenvalue weighted by molar-refractivity contribution is -0.305. The Morgan fingerprint density at radius 3 is 2.13 bits per heavy atom. The SMILES string of the molecule is Cc1ccc(S(=O)(=O)N2CCN(C(=O)CCC(=O)[O-])CC2)cc1. The highest BCUT2D eigenvalue weighted by Crippen LogP contribution is 2.18. The Kier molecular flexibility index (Phi) is 5.38. The van der Waals surface area contributed by atoms with Gasteiger partial charge in [0, 0.05) is 38.6 Å². The third kappa shape index (κ3) is 4.29. The van der Waals surface area contributed by atoms with E-state index in [2.05, 4.69) is 0 Å². The molecule has 1 aliphatic rings. The van der Waals surface area contributed by atoms with Gasteiger partial charge in [-0.3, -0.25) is 4.79 Å². The number of benzene rings is 1. The van der Waals surface area contributed by atoms with Crippen LogP contribution in [0.5, 0.6) is 0 Å². The van der Waals surface area contributed by atoms with Crippen molar-refractivity contribution in [2.75, 3.05) is 26.2 Å². The average molecular weight is 339 g/mol. The highest BCUT2D eigenvalue weighted by Gasteiger charge is 2.29. The molecule has 0 bridgehead atoms. The summed E-state index contributed by atoms with van der Waals surface area (Å²) in [5.41, 5.74) is 0.979. The Balaban J connectivity index is 1.97. The predicted octanol–water partition coefficient (Wildman–Crippen LogP) is -0.642. The van der Waals surface area contributed by atoms with E-state index in [0.717, 1.165) is 5.56 Å². The largest absolute Gasteiger partial charge is 0.550 e. The number of sulfonamides is 1. The molecule has 23 heavy (non-hydrogen) atoms. The van der Waals surface area contributed by atoms with Crippen LogP contribution >= 0.6 is 0 Å². The van der Waals surface area contributed by atoms with Gasteiger partial charge >= 0.3 is 0 Å². The van der Waals surface area contributed by atoms with Gasteiger partial charge in [0.05, 0.1) is 4.90 Å². The molecule has 0 N–H and O–H groups in total. The Labute approximate surface area is 135 Å². The first-order valence-electron chi connectivity index (χ1n) is 7.35. The van der Waals surface area contributed by atoms with Crippen molar-refractivity contribution in [2.24, 2.45) is 0 Å². The quantitative estimate of drug-likeness (QED) is 0.710. The molecule has 0 saturated carbocycles. The molecule has 0 atom stereocenters. The monoisotopic (exact) mass is 339 g/mol. The van der Waals surface area contributed by atoms with Crippen LogP contribution in [-0.2, 0) is 19.6 Å². The molecule has 1 fully saturated rings. The van der Waals surface area contributed by atoms with E-state index in [9.17, 15) is 23.1 Å². The van der Waals surface area contributed by atoms with E-state index in [1.54, 1.807) is 24.3 Å². The van der Waals surface area contributed by atoms with Crippen molar-refractivity contribution in [1.82, 2.24) is 9.21 Å². The van der Waals surface area contributed by atoms with Gasteiger partial charge in [-0.1, -0.05) is 17.7 Å². The lowest BCUT2D eigenvalue weighted by atomic mass is 10.2. The van der Waals surface area contributed by atoms with Crippen LogP contribution in [0.25, 0.3) is 0 Å². The Hall–Kier alpha value is -1.93. The molecular weight excluding hydrogens is 320 g/mol. The predicted molar refractivity (Wildman–Crippen MR) is 80.8 cm³/mol. The minimum atomic E-state index is -3.56. The van der Waals surface area contributed by atoms with Crippen molar-refractivity contribution in [2.45, 2.75) is 24.7 Å². The van der Waals surface area contributed by atoms with Gasteiger partial charge in [0.25, 0.3) is 0 Å². The fourth-order valence-electron chi connectivity index (χ4n) is 2.40. The van der Waals surface area contributed by atoms with Crippen molar-refractivity contribution in [3.63, 3.8) is 0 Å². The van der Waals surface area contributed by atoms with Gasteiger partial charge in [-0.2, -0.15) is 4.31 Å². The van der Waals surface area contributed by atoms with Gasteiger partial charge in [0.2, 0.25) is 15.9 Å². The molecule has 0 radical (unpaired) electrons. The number of hydrogen-bond acceptors (Lipinski definition) is 5. The number of aryl methyl sites for hydroxylation is 1. The van der Waals surface area contributed by atoms with Gasteiger partial charge in [0.15, 0.2) is 0 Å². The molecule has 1 saturated heterocycles. The van der Waals surface area contributed by atoms with Crippen molar-refractivity contribution in [3.8, 4) is 0 Å². The number of aliphatic carboxylic acids is 1. The molecule has 1 aliphatic heterocycles. The van der Waals surface area contributed by atoms with E-state index >= 15 is 0 Å². The molecule has 0 aliphatic carbocycles. The molecule has 2 rings (SSSR count). The number of piperazine rings is 1. The van der Waals surface area contributed by atoms with Gasteiger partial charge in [-0.25, -0.2) is 8.42 Å². The summed E-state index contributed by atoms with van der Waals surface area (Å²) < 4.78 is 26.4. The van der Waals surface area contributed by atoms with Crippen molar-refractivity contribution >= 4 is 21.9 Å². The van der Waals surface area contributed by atoms with Crippen LogP contribution in [0.3, 0.4) is 0 Å². The zero-order valence-corrected chi connectivity index (χ0v) is 13.7. The molecule has 1 aromatic rings. The standard InChI is InChI=1S/C15H20N2O5S/c1-12-2-4-13(5-3-12)23(21,22)17-10-8-16(9-11-17)14(18)6-7-15(19)20/h2-5H,6-11H2,1H3,(H,19,20)/p-1. The van der Waals surface area contributed by atoms with Crippen LogP contribution in [0.2, 0.25) is 0 Å². The molecule has 0 unspecified atom stereocenters. The van der Waals surface area contributed by atoms with E-state index in [1.165, 1.54) is 9.21 Å². The van der Waals surface area contributed by atoms with Crippen molar-refractivity contribution in [1.29, 1.82) is 0 Å². The van der Waals surface area contributed by atoms with E-state index in [0.29, 0.717) is 0 Å². The third-order valence-electron chi connectivity index (χ3n) is 3.79. The van der Waals surface area contributed by atoms with E-state index in [-0.39, 0.29) is 49.8 Å². The summed E-state index contributed by atoms with van der Waals surface area (Å²) >= 11 is 0. The summed E-state index contributed by atoms with van der Waals surface area (Å²) in [4.78, 5) is 23.9. The summed E-state index contributed by atoms with van der Waals surface area (Å²) in [6, 6.07) is 6.63. The first-order valence-corrected chi connectivity index (χ1v) is 8.79. The number of hydrogen-bond donors (Lipinski definition) is 0. The maximum atomic E-state index is 12.5. The maximum Gasteiger partial charge on any atom is 0.243 e. The minimum absolute atomic E-state index is 0.118. The lowest BCUT2D eigenvalue weighted by Crippen LogP contribution is -2.50. The molecule has 8 heteroatoms. The third-order valence-corrected chi connectivity index (χ3v) is 5.71. The van der Waals surface area contributed by atoms with Gasteiger partial charge in [-0.15, -0.1) is 0 Å². The molecule has 1 amide bonds. The van der Waals surface area contributed by atoms with Gasteiger partial charge in [0.1, 0.15) is 0 Å². The number of rotatable bonds is 5. The van der Waals surface area contributed by atoms with E-state index in [1.807, 2.05) is 6.92 Å². The summed E-state index contributed by atoms with van der Waals surface area (Å²) in [6.45, 7) is 2.81. The normalized spacial score (nSPS) is 16.3. The Morgan fingerprint density at radius 2 is 1.61 bits per heavy atom. The average Bonchev–Trinajstić information content (AvgIpc) is 2.53.